The quantitative estimate of drug-likeness (QED) is 0.574. The maximum Gasteiger partial charge on any atom is 0.322 e. The van der Waals surface area contributed by atoms with E-state index >= 15 is 0 Å². The van der Waals surface area contributed by atoms with Crippen LogP contribution in [-0.2, 0) is 9.53 Å². The second-order valence-corrected chi connectivity index (χ2v) is 5.12. The second-order valence-electron chi connectivity index (χ2n) is 4.18. The predicted molar refractivity (Wildman–Crippen MR) is 77.1 cm³/mol. The number of carbonyl (C=O) groups is 1. The van der Waals surface area contributed by atoms with E-state index in [9.17, 15) is 4.79 Å². The molecule has 0 bridgehead atoms. The van der Waals surface area contributed by atoms with Crippen LogP contribution in [0, 0.1) is 0 Å². The van der Waals surface area contributed by atoms with E-state index in [1.165, 1.54) is 18.9 Å². The molecule has 0 spiro atoms. The predicted octanol–water partition coefficient (Wildman–Crippen LogP) is 1.75. The number of nitrogens with one attached hydrogen (secondary N) is 1. The number of ether oxygens (including phenoxy) is 2. The summed E-state index contributed by atoms with van der Waals surface area (Å²) in [6.07, 6.45) is 0.923. The molecule has 0 aliphatic heterocycles. The van der Waals surface area contributed by atoms with E-state index in [0.29, 0.717) is 11.1 Å². The van der Waals surface area contributed by atoms with Gasteiger partial charge in [-0.2, -0.15) is 15.0 Å². The lowest BCUT2D eigenvalue weighted by Gasteiger charge is -2.10. The van der Waals surface area contributed by atoms with Gasteiger partial charge in [0.15, 0.2) is 5.16 Å². The van der Waals surface area contributed by atoms with E-state index in [0.717, 1.165) is 13.0 Å². The van der Waals surface area contributed by atoms with E-state index < -0.39 is 0 Å². The van der Waals surface area contributed by atoms with Gasteiger partial charge in [0.05, 0.1) is 19.0 Å². The lowest BCUT2D eigenvalue weighted by atomic mass is 10.5. The molecule has 112 valence electrons. The number of carbonyl (C=O) groups excluding carboxylic acids is 1. The first-order valence-corrected chi connectivity index (χ1v) is 7.40. The highest BCUT2D eigenvalue weighted by molar-refractivity contribution is 7.99. The van der Waals surface area contributed by atoms with Crippen LogP contribution in [0.15, 0.2) is 5.16 Å². The van der Waals surface area contributed by atoms with E-state index in [1.807, 2.05) is 20.8 Å². The smallest absolute Gasteiger partial charge is 0.322 e. The molecule has 1 rings (SSSR count). The van der Waals surface area contributed by atoms with Crippen LogP contribution in [0.2, 0.25) is 0 Å². The Kier molecular flexibility index (Phi) is 7.06. The Morgan fingerprint density at radius 3 is 2.70 bits per heavy atom. The second kappa shape index (κ2) is 8.57. The van der Waals surface area contributed by atoms with Crippen LogP contribution in [-0.4, -0.2) is 46.4 Å². The summed E-state index contributed by atoms with van der Waals surface area (Å²) in [4.78, 5) is 23.7. The number of aromatic nitrogens is 3. The Morgan fingerprint density at radius 2 is 2.10 bits per heavy atom. The van der Waals surface area contributed by atoms with Gasteiger partial charge in [0, 0.05) is 6.54 Å². The van der Waals surface area contributed by atoms with Gasteiger partial charge in [0.25, 0.3) is 0 Å². The molecule has 0 saturated heterocycles. The number of nitrogens with zero attached hydrogens (tertiary/aromatic N) is 3. The van der Waals surface area contributed by atoms with Gasteiger partial charge in [-0.3, -0.25) is 4.79 Å². The fraction of sp³-hybridized carbons (Fsp3) is 0.667. The Morgan fingerprint density at radius 1 is 1.35 bits per heavy atom. The van der Waals surface area contributed by atoms with Gasteiger partial charge >= 0.3 is 12.0 Å². The zero-order valence-corrected chi connectivity index (χ0v) is 13.0. The molecule has 0 saturated carbocycles. The van der Waals surface area contributed by atoms with E-state index in [2.05, 4.69) is 25.0 Å². The average Bonchev–Trinajstić information content (AvgIpc) is 2.41. The van der Waals surface area contributed by atoms with Crippen molar-refractivity contribution in [1.29, 1.82) is 0 Å². The number of methoxy groups -OCH3 is 1. The van der Waals surface area contributed by atoms with Crippen LogP contribution in [0.4, 0.5) is 5.95 Å². The van der Waals surface area contributed by atoms with Gasteiger partial charge in [0.2, 0.25) is 5.95 Å². The van der Waals surface area contributed by atoms with Gasteiger partial charge in [-0.05, 0) is 20.3 Å². The van der Waals surface area contributed by atoms with Gasteiger partial charge in [0.1, 0.15) is 0 Å². The Hall–Kier alpha value is -1.57. The Bertz CT molecular complexity index is 443. The van der Waals surface area contributed by atoms with Gasteiger partial charge < -0.3 is 14.8 Å². The summed E-state index contributed by atoms with van der Waals surface area (Å²) in [5.41, 5.74) is 0. The number of anilines is 1. The molecule has 0 unspecified atom stereocenters. The highest BCUT2D eigenvalue weighted by Gasteiger charge is 2.11. The molecule has 7 nitrogen and oxygen atoms in total. The van der Waals surface area contributed by atoms with Crippen molar-refractivity contribution in [1.82, 2.24) is 15.0 Å². The van der Waals surface area contributed by atoms with Crippen molar-refractivity contribution in [3.8, 4) is 6.01 Å². The van der Waals surface area contributed by atoms with Crippen LogP contribution in [0.5, 0.6) is 6.01 Å². The molecule has 20 heavy (non-hydrogen) atoms. The first kappa shape index (κ1) is 16.5. The summed E-state index contributed by atoms with van der Waals surface area (Å²) in [5.74, 6) is 0.268. The minimum atomic E-state index is -0.329. The molecule has 0 aliphatic carbocycles. The van der Waals surface area contributed by atoms with E-state index in [1.54, 1.807) is 0 Å². The van der Waals surface area contributed by atoms with Gasteiger partial charge in [-0.25, -0.2) is 0 Å². The number of hydrogen-bond donors (Lipinski definition) is 1. The molecule has 1 aromatic heterocycles. The highest BCUT2D eigenvalue weighted by Crippen LogP contribution is 2.18. The molecule has 0 radical (unpaired) electrons. The van der Waals surface area contributed by atoms with Crippen molar-refractivity contribution in [2.24, 2.45) is 0 Å². The van der Waals surface area contributed by atoms with Crippen LogP contribution in [0.25, 0.3) is 0 Å². The maximum absolute atomic E-state index is 11.1. The Labute approximate surface area is 122 Å². The first-order valence-electron chi connectivity index (χ1n) is 6.41. The highest BCUT2D eigenvalue weighted by atomic mass is 32.2. The number of hydrogen-bond acceptors (Lipinski definition) is 8. The molecule has 0 atom stereocenters. The summed E-state index contributed by atoms with van der Waals surface area (Å²) in [6, 6.07) is 0.251. The molecular weight excluding hydrogens is 280 g/mol. The Balaban J connectivity index is 2.82. The van der Waals surface area contributed by atoms with Crippen molar-refractivity contribution in [2.75, 3.05) is 24.7 Å². The fourth-order valence-electron chi connectivity index (χ4n) is 1.16. The van der Waals surface area contributed by atoms with Crippen molar-refractivity contribution in [3.05, 3.63) is 0 Å². The van der Waals surface area contributed by atoms with Crippen LogP contribution < -0.4 is 10.1 Å². The summed E-state index contributed by atoms with van der Waals surface area (Å²) in [5, 5.41) is 3.51. The zero-order chi connectivity index (χ0) is 15.0. The van der Waals surface area contributed by atoms with Crippen LogP contribution in [0.1, 0.15) is 27.2 Å². The molecule has 0 aromatic carbocycles. The van der Waals surface area contributed by atoms with Gasteiger partial charge in [-0.1, -0.05) is 18.7 Å². The minimum absolute atomic E-state index is 0.0325. The SMILES string of the molecule is CCCNc1nc(OC(C)C)nc(SCC(=O)OC)n1. The van der Waals surface area contributed by atoms with Crippen molar-refractivity contribution >= 4 is 23.7 Å². The minimum Gasteiger partial charge on any atom is -0.468 e. The van der Waals surface area contributed by atoms with Crippen molar-refractivity contribution in [2.45, 2.75) is 38.5 Å². The van der Waals surface area contributed by atoms with Crippen LogP contribution in [0.3, 0.4) is 0 Å². The third-order valence-corrected chi connectivity index (χ3v) is 2.84. The zero-order valence-electron chi connectivity index (χ0n) is 12.2. The molecule has 1 aromatic rings. The number of esters is 1. The molecule has 1 N–H and O–H groups in total. The lowest BCUT2D eigenvalue weighted by molar-refractivity contribution is -0.137. The average molecular weight is 300 g/mol. The maximum atomic E-state index is 11.1. The summed E-state index contributed by atoms with van der Waals surface area (Å²) in [6.45, 7) is 6.59. The topological polar surface area (TPSA) is 86.2 Å². The standard InChI is InChI=1S/C12H20N4O3S/c1-5-6-13-10-14-11(19-8(2)3)16-12(15-10)20-7-9(17)18-4/h8H,5-7H2,1-4H3,(H,13,14,15,16). The lowest BCUT2D eigenvalue weighted by Crippen LogP contribution is -2.13. The van der Waals surface area contributed by atoms with Gasteiger partial charge in [-0.15, -0.1) is 0 Å². The van der Waals surface area contributed by atoms with Crippen molar-refractivity contribution < 1.29 is 14.3 Å². The van der Waals surface area contributed by atoms with Crippen molar-refractivity contribution in [3.63, 3.8) is 0 Å². The monoisotopic (exact) mass is 300 g/mol. The third-order valence-electron chi connectivity index (χ3n) is 2.02. The van der Waals surface area contributed by atoms with E-state index in [4.69, 9.17) is 4.74 Å². The molecular formula is C12H20N4O3S. The fourth-order valence-corrected chi connectivity index (χ4v) is 1.82. The molecule has 8 heteroatoms. The van der Waals surface area contributed by atoms with Crippen LogP contribution >= 0.6 is 11.8 Å². The first-order chi connectivity index (χ1) is 9.55. The molecule has 0 fully saturated rings. The molecule has 1 heterocycles. The molecule has 0 aliphatic rings. The number of thioether (sulfide) groups is 1. The summed E-state index contributed by atoms with van der Waals surface area (Å²) in [7, 11) is 1.35. The number of rotatable bonds is 8. The largest absolute Gasteiger partial charge is 0.468 e. The summed E-state index contributed by atoms with van der Waals surface area (Å²) < 4.78 is 10.1. The third kappa shape index (κ3) is 6.05. The molecule has 0 amide bonds. The summed E-state index contributed by atoms with van der Waals surface area (Å²) >= 11 is 1.19. The van der Waals surface area contributed by atoms with E-state index in [-0.39, 0.29) is 23.8 Å². The normalized spacial score (nSPS) is 10.4.